The fourth-order valence-electron chi connectivity index (χ4n) is 3.77. The third-order valence-corrected chi connectivity index (χ3v) is 6.72. The minimum atomic E-state index is -3.72. The smallest absolute Gasteiger partial charge is 0.274 e. The second-order valence-corrected chi connectivity index (χ2v) is 7.80. The number of aryl methyl sites for hydroxylation is 1. The highest BCUT2D eigenvalue weighted by Crippen LogP contribution is 2.61. The van der Waals surface area contributed by atoms with Gasteiger partial charge in [0.15, 0.2) is 0 Å². The number of carbonyl (C=O) groups is 1. The summed E-state index contributed by atoms with van der Waals surface area (Å²) in [6, 6.07) is 8.19. The first-order chi connectivity index (χ1) is 10.4. The Kier molecular flexibility index (Phi) is 3.77. The third-order valence-electron chi connectivity index (χ3n) is 5.06. The number of nitrogens with zero attached hydrogens (tertiary/aromatic N) is 1. The molecule has 5 nitrogen and oxygen atoms in total. The maximum Gasteiger partial charge on any atom is 0.303 e. The largest absolute Gasteiger partial charge is 0.303 e. The zero-order valence-corrected chi connectivity index (χ0v) is 13.8. The van der Waals surface area contributed by atoms with Crippen LogP contribution in [0.5, 0.6) is 0 Å². The number of hydrogen-bond donors (Lipinski definition) is 1. The molecule has 0 aliphatic heterocycles. The van der Waals surface area contributed by atoms with Crippen molar-refractivity contribution in [3.63, 3.8) is 0 Å². The second-order valence-electron chi connectivity index (χ2n) is 6.13. The summed E-state index contributed by atoms with van der Waals surface area (Å²) in [5.74, 6) is -0.579. The molecule has 0 radical (unpaired) electrons. The van der Waals surface area contributed by atoms with E-state index in [4.69, 9.17) is 0 Å². The molecule has 1 aromatic rings. The van der Waals surface area contributed by atoms with Gasteiger partial charge in [0.25, 0.3) is 0 Å². The highest BCUT2D eigenvalue weighted by atomic mass is 32.2. The van der Waals surface area contributed by atoms with Crippen LogP contribution < -0.4 is 4.72 Å². The number of carbonyl (C=O) groups excluding carboxylic acids is 1. The van der Waals surface area contributed by atoms with Gasteiger partial charge < -0.3 is 0 Å². The van der Waals surface area contributed by atoms with Gasteiger partial charge in [-0.1, -0.05) is 38.1 Å². The standard InChI is InChI=1S/C16H22N2O3S/c1-3-18(4-2)22(20,21)17-15(19)14-11-16(14)10-9-12-7-5-6-8-13(12)16/h5-8,14H,3-4,9-11H2,1-2H3,(H,17,19). The Morgan fingerprint density at radius 2 is 2.00 bits per heavy atom. The highest BCUT2D eigenvalue weighted by Gasteiger charge is 2.61. The predicted octanol–water partition coefficient (Wildman–Crippen LogP) is 1.59. The third kappa shape index (κ3) is 2.34. The summed E-state index contributed by atoms with van der Waals surface area (Å²) in [5.41, 5.74) is 2.40. The molecule has 3 rings (SSSR count). The van der Waals surface area contributed by atoms with E-state index in [1.165, 1.54) is 15.4 Å². The van der Waals surface area contributed by atoms with E-state index in [1.54, 1.807) is 13.8 Å². The van der Waals surface area contributed by atoms with Crippen LogP contribution in [-0.2, 0) is 26.8 Å². The summed E-state index contributed by atoms with van der Waals surface area (Å²) in [7, 11) is -3.72. The Balaban J connectivity index is 1.75. The van der Waals surface area contributed by atoms with E-state index in [9.17, 15) is 13.2 Å². The van der Waals surface area contributed by atoms with Gasteiger partial charge in [-0.25, -0.2) is 4.72 Å². The summed E-state index contributed by atoms with van der Waals surface area (Å²) < 4.78 is 27.9. The SMILES string of the molecule is CCN(CC)S(=O)(=O)NC(=O)C1CC12CCc1ccccc12. The van der Waals surface area contributed by atoms with Gasteiger partial charge in [-0.3, -0.25) is 4.79 Å². The lowest BCUT2D eigenvalue weighted by molar-refractivity contribution is -0.121. The average Bonchev–Trinajstić information content (AvgIpc) is 3.10. The van der Waals surface area contributed by atoms with Gasteiger partial charge in [0.05, 0.1) is 0 Å². The Morgan fingerprint density at radius 1 is 1.32 bits per heavy atom. The molecular weight excluding hydrogens is 300 g/mol. The first-order valence-electron chi connectivity index (χ1n) is 7.84. The van der Waals surface area contributed by atoms with Gasteiger partial charge in [0, 0.05) is 24.4 Å². The molecule has 2 aliphatic rings. The lowest BCUT2D eigenvalue weighted by Crippen LogP contribution is -2.44. The number of benzene rings is 1. The topological polar surface area (TPSA) is 66.5 Å². The van der Waals surface area contributed by atoms with Gasteiger partial charge >= 0.3 is 10.2 Å². The predicted molar refractivity (Wildman–Crippen MR) is 84.5 cm³/mol. The molecule has 1 saturated carbocycles. The first-order valence-corrected chi connectivity index (χ1v) is 9.28. The van der Waals surface area contributed by atoms with E-state index >= 15 is 0 Å². The van der Waals surface area contributed by atoms with Crippen LogP contribution in [0.4, 0.5) is 0 Å². The molecule has 1 aromatic carbocycles. The van der Waals surface area contributed by atoms with E-state index in [0.29, 0.717) is 13.1 Å². The first kappa shape index (κ1) is 15.5. The molecule has 1 spiro atoms. The summed E-state index contributed by atoms with van der Waals surface area (Å²) in [4.78, 5) is 12.4. The maximum absolute atomic E-state index is 12.4. The van der Waals surface area contributed by atoms with Crippen LogP contribution in [0.1, 0.15) is 37.8 Å². The number of fused-ring (bicyclic) bond motifs is 2. The minimum absolute atomic E-state index is 0.126. The van der Waals surface area contributed by atoms with E-state index in [2.05, 4.69) is 16.9 Å². The fraction of sp³-hybridized carbons (Fsp3) is 0.562. The molecule has 2 atom stereocenters. The van der Waals surface area contributed by atoms with Gasteiger partial charge in [0.2, 0.25) is 5.91 Å². The van der Waals surface area contributed by atoms with Crippen LogP contribution in [0, 0.1) is 5.92 Å². The van der Waals surface area contributed by atoms with Crippen molar-refractivity contribution in [2.45, 2.75) is 38.5 Å². The van der Waals surface area contributed by atoms with Crippen molar-refractivity contribution in [3.05, 3.63) is 35.4 Å². The Morgan fingerprint density at radius 3 is 2.68 bits per heavy atom. The van der Waals surface area contributed by atoms with Crippen LogP contribution in [0.3, 0.4) is 0 Å². The Hall–Kier alpha value is -1.40. The van der Waals surface area contributed by atoms with Gasteiger partial charge in [-0.05, 0) is 30.4 Å². The van der Waals surface area contributed by atoms with Crippen LogP contribution >= 0.6 is 0 Å². The molecule has 22 heavy (non-hydrogen) atoms. The van der Waals surface area contributed by atoms with Crippen LogP contribution in [-0.4, -0.2) is 31.7 Å². The normalized spacial score (nSPS) is 26.2. The quantitative estimate of drug-likeness (QED) is 0.895. The summed E-state index contributed by atoms with van der Waals surface area (Å²) in [6.07, 6.45) is 2.67. The second kappa shape index (κ2) is 5.35. The zero-order valence-electron chi connectivity index (χ0n) is 13.0. The van der Waals surface area contributed by atoms with E-state index < -0.39 is 10.2 Å². The lowest BCUT2D eigenvalue weighted by atomic mass is 9.95. The van der Waals surface area contributed by atoms with Crippen LogP contribution in [0.15, 0.2) is 24.3 Å². The Labute approximate surface area is 131 Å². The molecule has 1 fully saturated rings. The number of hydrogen-bond acceptors (Lipinski definition) is 3. The summed E-state index contributed by atoms with van der Waals surface area (Å²) >= 11 is 0. The number of nitrogens with one attached hydrogen (secondary N) is 1. The molecule has 0 heterocycles. The van der Waals surface area contributed by atoms with E-state index in [-0.39, 0.29) is 17.2 Å². The van der Waals surface area contributed by atoms with Gasteiger partial charge in [-0.15, -0.1) is 0 Å². The fourth-order valence-corrected chi connectivity index (χ4v) is 4.97. The lowest BCUT2D eigenvalue weighted by Gasteiger charge is -2.19. The van der Waals surface area contributed by atoms with E-state index in [0.717, 1.165) is 19.3 Å². The molecule has 0 saturated heterocycles. The van der Waals surface area contributed by atoms with Crippen molar-refractivity contribution in [2.24, 2.45) is 5.92 Å². The van der Waals surface area contributed by atoms with Crippen LogP contribution in [0.2, 0.25) is 0 Å². The maximum atomic E-state index is 12.4. The molecule has 0 aromatic heterocycles. The van der Waals surface area contributed by atoms with Crippen molar-refractivity contribution in [1.29, 1.82) is 0 Å². The van der Waals surface area contributed by atoms with Crippen molar-refractivity contribution < 1.29 is 13.2 Å². The molecule has 1 amide bonds. The number of rotatable bonds is 5. The average molecular weight is 322 g/mol. The molecule has 1 N–H and O–H groups in total. The Bertz CT molecular complexity index is 697. The number of amides is 1. The molecule has 2 aliphatic carbocycles. The highest BCUT2D eigenvalue weighted by molar-refractivity contribution is 7.87. The molecular formula is C16H22N2O3S. The van der Waals surface area contributed by atoms with Gasteiger partial charge in [-0.2, -0.15) is 12.7 Å². The van der Waals surface area contributed by atoms with E-state index in [1.807, 2.05) is 12.1 Å². The monoisotopic (exact) mass is 322 g/mol. The summed E-state index contributed by atoms with van der Waals surface area (Å²) in [5, 5.41) is 0. The zero-order chi connectivity index (χ0) is 16.0. The molecule has 0 bridgehead atoms. The van der Waals surface area contributed by atoms with Crippen LogP contribution in [0.25, 0.3) is 0 Å². The molecule has 120 valence electrons. The van der Waals surface area contributed by atoms with Gasteiger partial charge in [0.1, 0.15) is 0 Å². The molecule has 6 heteroatoms. The van der Waals surface area contributed by atoms with Crippen molar-refractivity contribution in [3.8, 4) is 0 Å². The summed E-state index contributed by atoms with van der Waals surface area (Å²) in [6.45, 7) is 4.24. The van der Waals surface area contributed by atoms with Crippen molar-refractivity contribution in [2.75, 3.05) is 13.1 Å². The molecule has 2 unspecified atom stereocenters. The minimum Gasteiger partial charge on any atom is -0.274 e. The van der Waals surface area contributed by atoms with Crippen molar-refractivity contribution in [1.82, 2.24) is 9.03 Å². The van der Waals surface area contributed by atoms with Crippen molar-refractivity contribution >= 4 is 16.1 Å².